The Bertz CT molecular complexity index is 1520. The van der Waals surface area contributed by atoms with Gasteiger partial charge in [0.25, 0.3) is 5.91 Å². The average Bonchev–Trinajstić information content (AvgIpc) is 3.37. The summed E-state index contributed by atoms with van der Waals surface area (Å²) in [4.78, 5) is 22.4. The highest BCUT2D eigenvalue weighted by Crippen LogP contribution is 2.30. The number of fused-ring (bicyclic) bond motifs is 1. The number of carbonyl (C=O) groups is 1. The second-order valence-electron chi connectivity index (χ2n) is 12.0. The fraction of sp³-hybridized carbons (Fsp3) is 0.429. The number of carbonyl (C=O) groups excluding carboxylic acids is 1. The van der Waals surface area contributed by atoms with Crippen molar-refractivity contribution < 1.29 is 9.53 Å². The molecule has 1 saturated heterocycles. The zero-order valence-corrected chi connectivity index (χ0v) is 27.4. The SMILES string of the molecule is CC(C)OCCn1c(NC2CCN(CCC(CN(C)C(=O)c3ccccc3)c3ccc(Cl)c(Cl)c3)CC2)nc2ccccc21. The number of piperidine rings is 1. The standard InChI is InChI=1S/C35H43Cl2N5O2/c1-25(2)44-22-21-42-33-12-8-7-11-32(33)39-35(42)38-29-16-19-41(20-17-29)18-15-28(27-13-14-30(36)31(37)23-27)24-40(3)34(43)26-9-5-4-6-10-26/h4-14,23,25,28-29H,15-22,24H2,1-3H3,(H,38,39). The van der Waals surface area contributed by atoms with Gasteiger partial charge in [-0.05, 0) is 81.6 Å². The third-order valence-corrected chi connectivity index (χ3v) is 9.15. The van der Waals surface area contributed by atoms with Crippen LogP contribution in [0.1, 0.15) is 54.9 Å². The first-order valence-electron chi connectivity index (χ1n) is 15.6. The molecule has 44 heavy (non-hydrogen) atoms. The predicted octanol–water partition coefficient (Wildman–Crippen LogP) is 7.59. The number of likely N-dealkylation sites (N-methyl/N-ethyl adjacent to an activating group) is 1. The Balaban J connectivity index is 1.20. The molecule has 1 aliphatic heterocycles. The van der Waals surface area contributed by atoms with Gasteiger partial charge in [0.2, 0.25) is 5.95 Å². The minimum atomic E-state index is 0.0179. The Hall–Kier alpha value is -3.10. The lowest BCUT2D eigenvalue weighted by Crippen LogP contribution is -2.40. The van der Waals surface area contributed by atoms with E-state index in [1.807, 2.05) is 66.5 Å². The molecule has 5 rings (SSSR count). The number of imidazole rings is 1. The Kier molecular flexibility index (Phi) is 11.2. The van der Waals surface area contributed by atoms with Crippen LogP contribution in [0.2, 0.25) is 10.0 Å². The number of anilines is 1. The molecule has 1 aliphatic rings. The van der Waals surface area contributed by atoms with Crippen LogP contribution in [0.25, 0.3) is 11.0 Å². The Labute approximate surface area is 271 Å². The van der Waals surface area contributed by atoms with E-state index in [1.165, 1.54) is 0 Å². The molecule has 1 amide bonds. The van der Waals surface area contributed by atoms with E-state index in [-0.39, 0.29) is 17.9 Å². The molecule has 234 valence electrons. The molecule has 1 unspecified atom stereocenters. The summed E-state index contributed by atoms with van der Waals surface area (Å²) in [5.41, 5.74) is 3.92. The topological polar surface area (TPSA) is 62.6 Å². The molecule has 0 spiro atoms. The average molecular weight is 637 g/mol. The summed E-state index contributed by atoms with van der Waals surface area (Å²) >= 11 is 12.7. The molecule has 0 saturated carbocycles. The van der Waals surface area contributed by atoms with E-state index >= 15 is 0 Å². The van der Waals surface area contributed by atoms with Gasteiger partial charge in [0.05, 0.1) is 33.8 Å². The smallest absolute Gasteiger partial charge is 0.253 e. The number of hydrogen-bond donors (Lipinski definition) is 1. The number of ether oxygens (including phenoxy) is 1. The van der Waals surface area contributed by atoms with Gasteiger partial charge in [0.15, 0.2) is 0 Å². The van der Waals surface area contributed by atoms with Gasteiger partial charge in [0, 0.05) is 50.7 Å². The van der Waals surface area contributed by atoms with E-state index in [4.69, 9.17) is 32.9 Å². The molecule has 9 heteroatoms. The highest BCUT2D eigenvalue weighted by Gasteiger charge is 2.24. The van der Waals surface area contributed by atoms with Crippen molar-refractivity contribution >= 4 is 46.1 Å². The Morgan fingerprint density at radius 2 is 1.73 bits per heavy atom. The number of rotatable bonds is 13. The van der Waals surface area contributed by atoms with Gasteiger partial charge in [-0.3, -0.25) is 4.79 Å². The summed E-state index contributed by atoms with van der Waals surface area (Å²) < 4.78 is 8.10. The number of nitrogens with zero attached hydrogens (tertiary/aromatic N) is 4. The highest BCUT2D eigenvalue weighted by atomic mass is 35.5. The van der Waals surface area contributed by atoms with Gasteiger partial charge in [-0.25, -0.2) is 4.98 Å². The summed E-state index contributed by atoms with van der Waals surface area (Å²) in [5.74, 6) is 1.07. The molecule has 1 atom stereocenters. The monoisotopic (exact) mass is 635 g/mol. The fourth-order valence-corrected chi connectivity index (χ4v) is 6.26. The lowest BCUT2D eigenvalue weighted by atomic mass is 9.94. The van der Waals surface area contributed by atoms with Crippen LogP contribution in [-0.4, -0.2) is 77.2 Å². The molecule has 4 aromatic rings. The predicted molar refractivity (Wildman–Crippen MR) is 181 cm³/mol. The number of nitrogens with one attached hydrogen (secondary N) is 1. The van der Waals surface area contributed by atoms with Crippen molar-refractivity contribution in [3.05, 3.63) is 94.0 Å². The number of aromatic nitrogens is 2. The molecule has 1 fully saturated rings. The maximum Gasteiger partial charge on any atom is 0.253 e. The van der Waals surface area contributed by atoms with Gasteiger partial charge < -0.3 is 24.4 Å². The molecule has 0 aliphatic carbocycles. The maximum atomic E-state index is 13.1. The van der Waals surface area contributed by atoms with Gasteiger partial charge in [-0.15, -0.1) is 0 Å². The van der Waals surface area contributed by atoms with Crippen LogP contribution >= 0.6 is 23.2 Å². The molecule has 0 bridgehead atoms. The number of hydrogen-bond acceptors (Lipinski definition) is 5. The summed E-state index contributed by atoms with van der Waals surface area (Å²) in [6, 6.07) is 23.9. The lowest BCUT2D eigenvalue weighted by Gasteiger charge is -2.34. The van der Waals surface area contributed by atoms with Crippen molar-refractivity contribution in [3.63, 3.8) is 0 Å². The first-order valence-corrected chi connectivity index (χ1v) is 16.3. The van der Waals surface area contributed by atoms with E-state index in [1.54, 1.807) is 0 Å². The summed E-state index contributed by atoms with van der Waals surface area (Å²) in [5, 5.41) is 4.83. The molecule has 3 aromatic carbocycles. The van der Waals surface area contributed by atoms with Crippen molar-refractivity contribution in [3.8, 4) is 0 Å². The minimum Gasteiger partial charge on any atom is -0.377 e. The van der Waals surface area contributed by atoms with Crippen LogP contribution < -0.4 is 5.32 Å². The molecular weight excluding hydrogens is 593 g/mol. The van der Waals surface area contributed by atoms with Gasteiger partial charge in [-0.2, -0.15) is 0 Å². The van der Waals surface area contributed by atoms with Crippen LogP contribution in [0.15, 0.2) is 72.8 Å². The minimum absolute atomic E-state index is 0.0179. The van der Waals surface area contributed by atoms with Crippen molar-refractivity contribution in [2.45, 2.75) is 57.7 Å². The molecule has 2 heterocycles. The number of benzene rings is 3. The maximum absolute atomic E-state index is 13.1. The summed E-state index contributed by atoms with van der Waals surface area (Å²) in [7, 11) is 1.87. The lowest BCUT2D eigenvalue weighted by molar-refractivity contribution is 0.0735. The number of amides is 1. The van der Waals surface area contributed by atoms with Gasteiger partial charge in [0.1, 0.15) is 0 Å². The number of halogens is 2. The second kappa shape index (κ2) is 15.3. The zero-order chi connectivity index (χ0) is 31.1. The highest BCUT2D eigenvalue weighted by molar-refractivity contribution is 6.42. The van der Waals surface area contributed by atoms with Crippen LogP contribution in [0.3, 0.4) is 0 Å². The second-order valence-corrected chi connectivity index (χ2v) is 12.8. The van der Waals surface area contributed by atoms with Crippen LogP contribution in [0.4, 0.5) is 5.95 Å². The molecule has 0 radical (unpaired) electrons. The van der Waals surface area contributed by atoms with E-state index in [9.17, 15) is 4.79 Å². The molecule has 7 nitrogen and oxygen atoms in total. The van der Waals surface area contributed by atoms with Crippen molar-refractivity contribution in [2.24, 2.45) is 0 Å². The first kappa shape index (κ1) is 32.3. The first-order chi connectivity index (χ1) is 21.3. The summed E-state index contributed by atoms with van der Waals surface area (Å²) in [6.07, 6.45) is 3.19. The third-order valence-electron chi connectivity index (χ3n) is 8.41. The largest absolute Gasteiger partial charge is 0.377 e. The van der Waals surface area contributed by atoms with Crippen LogP contribution in [0, 0.1) is 0 Å². The normalized spacial score (nSPS) is 15.1. The van der Waals surface area contributed by atoms with Crippen molar-refractivity contribution in [1.29, 1.82) is 0 Å². The van der Waals surface area contributed by atoms with E-state index in [0.29, 0.717) is 34.8 Å². The van der Waals surface area contributed by atoms with E-state index < -0.39 is 0 Å². The summed E-state index contributed by atoms with van der Waals surface area (Å²) in [6.45, 7) is 9.08. The van der Waals surface area contributed by atoms with Crippen LogP contribution in [0.5, 0.6) is 0 Å². The van der Waals surface area contributed by atoms with E-state index in [0.717, 1.165) is 68.0 Å². The van der Waals surface area contributed by atoms with Crippen molar-refractivity contribution in [2.75, 3.05) is 45.2 Å². The van der Waals surface area contributed by atoms with Crippen LogP contribution in [-0.2, 0) is 11.3 Å². The Morgan fingerprint density at radius 3 is 2.45 bits per heavy atom. The number of likely N-dealkylation sites (tertiary alicyclic amines) is 1. The third kappa shape index (κ3) is 8.33. The fourth-order valence-electron chi connectivity index (χ4n) is 5.96. The molecular formula is C35H43Cl2N5O2. The quantitative estimate of drug-likeness (QED) is 0.164. The number of para-hydroxylation sites is 2. The Morgan fingerprint density at radius 1 is 1.00 bits per heavy atom. The van der Waals surface area contributed by atoms with E-state index in [2.05, 4.69) is 46.8 Å². The molecule has 1 N–H and O–H groups in total. The molecule has 1 aromatic heterocycles. The van der Waals surface area contributed by atoms with Gasteiger partial charge in [-0.1, -0.05) is 59.6 Å². The van der Waals surface area contributed by atoms with Gasteiger partial charge >= 0.3 is 0 Å². The van der Waals surface area contributed by atoms with Crippen molar-refractivity contribution in [1.82, 2.24) is 19.4 Å². The zero-order valence-electron chi connectivity index (χ0n) is 25.9.